The first kappa shape index (κ1) is 79.3. The first-order chi connectivity index (χ1) is 40.0. The summed E-state index contributed by atoms with van der Waals surface area (Å²) >= 11 is 0. The smallest absolute Gasteiger partial charge is 0.305 e. The van der Waals surface area contributed by atoms with Gasteiger partial charge in [0.15, 0.2) is 0 Å². The minimum atomic E-state index is -0.842. The maximum atomic E-state index is 12.5. The van der Waals surface area contributed by atoms with Crippen molar-refractivity contribution in [2.75, 3.05) is 13.2 Å². The van der Waals surface area contributed by atoms with Gasteiger partial charge in [0, 0.05) is 12.8 Å². The predicted molar refractivity (Wildman–Crippen MR) is 356 cm³/mol. The van der Waals surface area contributed by atoms with E-state index in [1.54, 1.807) is 6.08 Å². The standard InChI is InChI=1S/C75H145NO5/c1-3-5-7-9-11-13-15-17-18-19-37-40-44-47-51-55-59-63-67-73(78)72(71-77)76-74(79)68-64-60-56-52-48-45-41-38-35-33-31-29-27-25-23-21-20-22-24-26-28-30-32-34-36-39-42-46-50-54-58-62-66-70-81-75(80)69-65-61-57-53-49-43-16-14-12-10-8-6-4-2/h24,26,63,67,72-73,77-78H,3-23,25,27-62,64-66,68-71H2,1-2H3,(H,76,79)/b26-24-,67-63+. The lowest BCUT2D eigenvalue weighted by molar-refractivity contribution is -0.143. The van der Waals surface area contributed by atoms with Crippen LogP contribution in [0.5, 0.6) is 0 Å². The van der Waals surface area contributed by atoms with Crippen LogP contribution in [-0.2, 0) is 14.3 Å². The lowest BCUT2D eigenvalue weighted by atomic mass is 10.0. The van der Waals surface area contributed by atoms with E-state index in [0.717, 1.165) is 38.5 Å². The number of aliphatic hydroxyl groups excluding tert-OH is 2. The molecule has 0 aliphatic rings. The minimum Gasteiger partial charge on any atom is -0.466 e. The molecular weight excluding hydrogens is 995 g/mol. The SMILES string of the molecule is CCCCCCCCCCCCCCCCCC/C=C/C(O)C(CO)NC(=O)CCCCCCCCCCCCCCCCCCC/C=C\CCCCCCCCCCCCCCOC(=O)CCCCCCCCCCCCCCC. The quantitative estimate of drug-likeness (QED) is 0.0320. The number of hydrogen-bond acceptors (Lipinski definition) is 5. The van der Waals surface area contributed by atoms with Crippen molar-refractivity contribution in [3.05, 3.63) is 24.3 Å². The summed E-state index contributed by atoms with van der Waals surface area (Å²) in [5.74, 6) is -0.0404. The van der Waals surface area contributed by atoms with Crippen molar-refractivity contribution < 1.29 is 24.5 Å². The van der Waals surface area contributed by atoms with Gasteiger partial charge in [0.25, 0.3) is 0 Å². The molecule has 0 fully saturated rings. The van der Waals surface area contributed by atoms with Gasteiger partial charge in [0.1, 0.15) is 0 Å². The molecule has 2 unspecified atom stereocenters. The van der Waals surface area contributed by atoms with Crippen molar-refractivity contribution in [3.63, 3.8) is 0 Å². The monoisotopic (exact) mass is 1140 g/mol. The second-order valence-electron chi connectivity index (χ2n) is 25.6. The molecule has 0 aromatic rings. The summed E-state index contributed by atoms with van der Waals surface area (Å²) in [6.07, 6.45) is 89.9. The maximum absolute atomic E-state index is 12.5. The van der Waals surface area contributed by atoms with Gasteiger partial charge < -0.3 is 20.3 Å². The second kappa shape index (κ2) is 70.8. The minimum absolute atomic E-state index is 0.0207. The van der Waals surface area contributed by atoms with E-state index in [2.05, 4.69) is 31.3 Å². The van der Waals surface area contributed by atoms with E-state index in [9.17, 15) is 19.8 Å². The summed E-state index contributed by atoms with van der Waals surface area (Å²) in [6.45, 7) is 4.95. The van der Waals surface area contributed by atoms with E-state index in [0.29, 0.717) is 19.4 Å². The van der Waals surface area contributed by atoms with Crippen LogP contribution in [0.2, 0.25) is 0 Å². The van der Waals surface area contributed by atoms with Crippen molar-refractivity contribution in [2.45, 2.75) is 431 Å². The lowest BCUT2D eigenvalue weighted by Crippen LogP contribution is -2.45. The molecular formula is C75H145NO5. The number of unbranched alkanes of at least 4 members (excludes halogenated alkanes) is 57. The number of nitrogens with one attached hydrogen (secondary N) is 1. The molecule has 0 spiro atoms. The van der Waals surface area contributed by atoms with Gasteiger partial charge in [0.05, 0.1) is 25.4 Å². The highest BCUT2D eigenvalue weighted by Crippen LogP contribution is 2.19. The van der Waals surface area contributed by atoms with E-state index < -0.39 is 12.1 Å². The highest BCUT2D eigenvalue weighted by Gasteiger charge is 2.18. The van der Waals surface area contributed by atoms with Crippen LogP contribution in [0.15, 0.2) is 24.3 Å². The van der Waals surface area contributed by atoms with Crippen LogP contribution < -0.4 is 5.32 Å². The number of esters is 1. The highest BCUT2D eigenvalue weighted by molar-refractivity contribution is 5.76. The zero-order valence-corrected chi connectivity index (χ0v) is 55.0. The Morgan fingerprint density at radius 3 is 0.877 bits per heavy atom. The van der Waals surface area contributed by atoms with Crippen molar-refractivity contribution >= 4 is 11.9 Å². The summed E-state index contributed by atoms with van der Waals surface area (Å²) < 4.78 is 5.49. The third-order valence-corrected chi connectivity index (χ3v) is 17.5. The topological polar surface area (TPSA) is 95.9 Å². The molecule has 0 aliphatic heterocycles. The van der Waals surface area contributed by atoms with E-state index in [1.807, 2.05) is 6.08 Å². The van der Waals surface area contributed by atoms with Crippen LogP contribution in [0, 0.1) is 0 Å². The molecule has 1 amide bonds. The molecule has 0 rings (SSSR count). The first-order valence-electron chi connectivity index (χ1n) is 37.1. The molecule has 0 radical (unpaired) electrons. The molecule has 0 heterocycles. The fourth-order valence-electron chi connectivity index (χ4n) is 11.8. The number of rotatable bonds is 70. The van der Waals surface area contributed by atoms with Crippen molar-refractivity contribution in [1.29, 1.82) is 0 Å². The van der Waals surface area contributed by atoms with Crippen molar-refractivity contribution in [3.8, 4) is 0 Å². The third-order valence-electron chi connectivity index (χ3n) is 17.5. The molecule has 0 aliphatic carbocycles. The summed E-state index contributed by atoms with van der Waals surface area (Å²) in [5.41, 5.74) is 0. The summed E-state index contributed by atoms with van der Waals surface area (Å²) in [4.78, 5) is 24.6. The molecule has 480 valence electrons. The molecule has 2 atom stereocenters. The number of amides is 1. The summed E-state index contributed by atoms with van der Waals surface area (Å²) in [5, 5.41) is 23.2. The van der Waals surface area contributed by atoms with Crippen LogP contribution in [0.1, 0.15) is 418 Å². The molecule has 0 aromatic carbocycles. The molecule has 0 saturated carbocycles. The number of hydrogen-bond donors (Lipinski definition) is 3. The Labute approximate surface area is 507 Å². The Hall–Kier alpha value is -1.66. The van der Waals surface area contributed by atoms with E-state index >= 15 is 0 Å². The first-order valence-corrected chi connectivity index (χ1v) is 37.1. The van der Waals surface area contributed by atoms with Gasteiger partial charge in [-0.05, 0) is 57.8 Å². The number of allylic oxidation sites excluding steroid dienone is 3. The molecule has 6 heteroatoms. The third kappa shape index (κ3) is 67.3. The number of carbonyl (C=O) groups excluding carboxylic acids is 2. The van der Waals surface area contributed by atoms with Crippen LogP contribution in [0.25, 0.3) is 0 Å². The molecule has 0 bridgehead atoms. The van der Waals surface area contributed by atoms with Crippen molar-refractivity contribution in [2.24, 2.45) is 0 Å². The van der Waals surface area contributed by atoms with E-state index in [4.69, 9.17) is 4.74 Å². The average Bonchev–Trinajstić information content (AvgIpc) is 3.47. The van der Waals surface area contributed by atoms with Crippen LogP contribution in [0.4, 0.5) is 0 Å². The fourth-order valence-corrected chi connectivity index (χ4v) is 11.8. The Bertz CT molecular complexity index is 1270. The zero-order chi connectivity index (χ0) is 58.5. The number of carbonyl (C=O) groups is 2. The summed E-state index contributed by atoms with van der Waals surface area (Å²) in [6, 6.07) is -0.626. The average molecular weight is 1140 g/mol. The van der Waals surface area contributed by atoms with Gasteiger partial charge in [-0.2, -0.15) is 0 Å². The zero-order valence-electron chi connectivity index (χ0n) is 55.0. The van der Waals surface area contributed by atoms with Gasteiger partial charge in [-0.1, -0.05) is 372 Å². The Morgan fingerprint density at radius 2 is 0.580 bits per heavy atom. The van der Waals surface area contributed by atoms with E-state index in [1.165, 1.54) is 353 Å². The van der Waals surface area contributed by atoms with Gasteiger partial charge in [-0.25, -0.2) is 0 Å². The Balaban J connectivity index is 3.36. The molecule has 81 heavy (non-hydrogen) atoms. The van der Waals surface area contributed by atoms with E-state index in [-0.39, 0.29) is 18.5 Å². The Morgan fingerprint density at radius 1 is 0.333 bits per heavy atom. The maximum Gasteiger partial charge on any atom is 0.305 e. The van der Waals surface area contributed by atoms with Gasteiger partial charge in [-0.15, -0.1) is 0 Å². The molecule has 0 saturated heterocycles. The van der Waals surface area contributed by atoms with Crippen molar-refractivity contribution in [1.82, 2.24) is 5.32 Å². The number of ether oxygens (including phenoxy) is 1. The highest BCUT2D eigenvalue weighted by atomic mass is 16.5. The predicted octanol–water partition coefficient (Wildman–Crippen LogP) is 24.1. The van der Waals surface area contributed by atoms with Crippen LogP contribution >= 0.6 is 0 Å². The summed E-state index contributed by atoms with van der Waals surface area (Å²) in [7, 11) is 0. The fraction of sp³-hybridized carbons (Fsp3) is 0.920. The van der Waals surface area contributed by atoms with Crippen LogP contribution in [-0.4, -0.2) is 47.4 Å². The van der Waals surface area contributed by atoms with Gasteiger partial charge in [-0.3, -0.25) is 9.59 Å². The lowest BCUT2D eigenvalue weighted by Gasteiger charge is -2.20. The largest absolute Gasteiger partial charge is 0.466 e. The second-order valence-corrected chi connectivity index (χ2v) is 25.6. The molecule has 6 nitrogen and oxygen atoms in total. The molecule has 3 N–H and O–H groups in total. The number of aliphatic hydroxyl groups is 2. The van der Waals surface area contributed by atoms with Crippen LogP contribution in [0.3, 0.4) is 0 Å². The van der Waals surface area contributed by atoms with Gasteiger partial charge in [0.2, 0.25) is 5.91 Å². The molecule has 0 aromatic heterocycles. The Kier molecular flexibility index (Phi) is 69.4. The van der Waals surface area contributed by atoms with Gasteiger partial charge >= 0.3 is 5.97 Å². The normalized spacial score (nSPS) is 12.6.